The Hall–Kier alpha value is -0.610. The van der Waals surface area contributed by atoms with Gasteiger partial charge in [0.05, 0.1) is 19.3 Å². The van der Waals surface area contributed by atoms with Crippen LogP contribution in [0.5, 0.6) is 0 Å². The van der Waals surface area contributed by atoms with Crippen molar-refractivity contribution in [3.63, 3.8) is 0 Å². The third-order valence-electron chi connectivity index (χ3n) is 3.05. The molecule has 2 unspecified atom stereocenters. The van der Waals surface area contributed by atoms with Gasteiger partial charge in [-0.3, -0.25) is 0 Å². The molecule has 1 rings (SSSR count). The van der Waals surface area contributed by atoms with Crippen molar-refractivity contribution in [2.75, 3.05) is 13.2 Å². The van der Waals surface area contributed by atoms with E-state index in [1.807, 2.05) is 24.3 Å². The largest absolute Gasteiger partial charge is 0.389 e. The van der Waals surface area contributed by atoms with Crippen LogP contribution in [-0.2, 0) is 11.3 Å². The number of hydrogen-bond donors (Lipinski definition) is 2. The summed E-state index contributed by atoms with van der Waals surface area (Å²) in [5, 5.41) is 13.9. The van der Waals surface area contributed by atoms with Gasteiger partial charge >= 0.3 is 0 Å². The van der Waals surface area contributed by atoms with Crippen LogP contribution in [0.2, 0.25) is 5.02 Å². The molecule has 0 aliphatic carbocycles. The van der Waals surface area contributed by atoms with Gasteiger partial charge in [0, 0.05) is 17.6 Å². The highest BCUT2D eigenvalue weighted by atomic mass is 35.5. The Morgan fingerprint density at radius 2 is 1.95 bits per heavy atom. The summed E-state index contributed by atoms with van der Waals surface area (Å²) in [5.74, 6) is 0.658. The van der Waals surface area contributed by atoms with Crippen molar-refractivity contribution in [2.24, 2.45) is 5.92 Å². The number of ether oxygens (including phenoxy) is 1. The number of nitrogens with one attached hydrogen (secondary N) is 1. The van der Waals surface area contributed by atoms with Crippen LogP contribution in [0.1, 0.15) is 32.8 Å². The predicted octanol–water partition coefficient (Wildman–Crippen LogP) is 3.24. The number of aliphatic hydroxyl groups is 1. The normalized spacial score (nSPS) is 14.5. The van der Waals surface area contributed by atoms with E-state index in [4.69, 9.17) is 16.3 Å². The van der Waals surface area contributed by atoms with Gasteiger partial charge in [0.1, 0.15) is 0 Å². The monoisotopic (exact) mass is 299 g/mol. The quantitative estimate of drug-likeness (QED) is 0.735. The number of hydrogen-bond acceptors (Lipinski definition) is 3. The summed E-state index contributed by atoms with van der Waals surface area (Å²) in [4.78, 5) is 0. The second kappa shape index (κ2) is 9.35. The zero-order valence-electron chi connectivity index (χ0n) is 12.6. The van der Waals surface area contributed by atoms with Crippen LogP contribution in [0.4, 0.5) is 0 Å². The average Bonchev–Trinajstić information content (AvgIpc) is 2.38. The molecule has 0 radical (unpaired) electrons. The molecule has 4 heteroatoms. The molecule has 0 bridgehead atoms. The van der Waals surface area contributed by atoms with Crippen molar-refractivity contribution in [2.45, 2.75) is 45.9 Å². The van der Waals surface area contributed by atoms with Crippen LogP contribution < -0.4 is 5.32 Å². The van der Waals surface area contributed by atoms with Gasteiger partial charge in [-0.1, -0.05) is 43.6 Å². The Morgan fingerprint density at radius 3 is 2.60 bits per heavy atom. The maximum Gasteiger partial charge on any atom is 0.0897 e. The van der Waals surface area contributed by atoms with E-state index in [1.165, 1.54) is 0 Å². The van der Waals surface area contributed by atoms with E-state index in [1.54, 1.807) is 0 Å². The van der Waals surface area contributed by atoms with Crippen molar-refractivity contribution < 1.29 is 9.84 Å². The lowest BCUT2D eigenvalue weighted by Crippen LogP contribution is -2.36. The predicted molar refractivity (Wildman–Crippen MR) is 84.0 cm³/mol. The number of halogens is 1. The van der Waals surface area contributed by atoms with Crippen molar-refractivity contribution in [1.82, 2.24) is 5.32 Å². The summed E-state index contributed by atoms with van der Waals surface area (Å²) >= 11 is 6.04. The molecule has 2 atom stereocenters. The lowest BCUT2D eigenvalue weighted by molar-refractivity contribution is 0.0276. The summed E-state index contributed by atoms with van der Waals surface area (Å²) in [5.41, 5.74) is 0.947. The van der Waals surface area contributed by atoms with Crippen molar-refractivity contribution in [1.29, 1.82) is 0 Å². The topological polar surface area (TPSA) is 41.5 Å². The molecule has 2 N–H and O–H groups in total. The van der Waals surface area contributed by atoms with Crippen molar-refractivity contribution in [3.8, 4) is 0 Å². The second-order valence-electron chi connectivity index (χ2n) is 5.70. The van der Waals surface area contributed by atoms with Crippen molar-refractivity contribution in [3.05, 3.63) is 34.9 Å². The standard InChI is InChI=1S/C16H26ClNO2/c1-12(2)8-13(3)18-9-15(19)11-20-10-14-6-4-5-7-16(14)17/h4-7,12-13,15,18-19H,8-11H2,1-3H3. The minimum atomic E-state index is -0.493. The van der Waals surface area contributed by atoms with Crippen LogP contribution in [0.3, 0.4) is 0 Å². The fourth-order valence-corrected chi connectivity index (χ4v) is 2.30. The van der Waals surface area contributed by atoms with E-state index in [2.05, 4.69) is 26.1 Å². The van der Waals surface area contributed by atoms with Crippen LogP contribution in [0, 0.1) is 5.92 Å². The minimum absolute atomic E-state index is 0.312. The maximum absolute atomic E-state index is 9.86. The highest BCUT2D eigenvalue weighted by molar-refractivity contribution is 6.31. The number of rotatable bonds is 9. The second-order valence-corrected chi connectivity index (χ2v) is 6.11. The van der Waals surface area contributed by atoms with Gasteiger partial charge in [-0.05, 0) is 30.9 Å². The summed E-state index contributed by atoms with van der Waals surface area (Å²) < 4.78 is 5.50. The summed E-state index contributed by atoms with van der Waals surface area (Å²) in [6, 6.07) is 7.99. The van der Waals surface area contributed by atoms with Gasteiger partial charge < -0.3 is 15.2 Å². The first kappa shape index (κ1) is 17.4. The smallest absolute Gasteiger partial charge is 0.0897 e. The molecule has 20 heavy (non-hydrogen) atoms. The minimum Gasteiger partial charge on any atom is -0.389 e. The third-order valence-corrected chi connectivity index (χ3v) is 3.42. The molecular formula is C16H26ClNO2. The van der Waals surface area contributed by atoms with Gasteiger partial charge in [0.25, 0.3) is 0 Å². The molecule has 0 saturated heterocycles. The average molecular weight is 300 g/mol. The van der Waals surface area contributed by atoms with Crippen molar-refractivity contribution >= 4 is 11.6 Å². The first-order valence-corrected chi connectivity index (χ1v) is 7.59. The number of aliphatic hydroxyl groups excluding tert-OH is 1. The summed E-state index contributed by atoms with van der Waals surface area (Å²) in [6.45, 7) is 7.82. The molecule has 114 valence electrons. The Bertz CT molecular complexity index is 384. The Kier molecular flexibility index (Phi) is 8.15. The zero-order valence-corrected chi connectivity index (χ0v) is 13.4. The van der Waals surface area contributed by atoms with Gasteiger partial charge in [0.2, 0.25) is 0 Å². The highest BCUT2D eigenvalue weighted by Crippen LogP contribution is 2.15. The van der Waals surface area contributed by atoms with Gasteiger partial charge in [0.15, 0.2) is 0 Å². The van der Waals surface area contributed by atoms with Crippen LogP contribution in [-0.4, -0.2) is 30.4 Å². The Morgan fingerprint density at radius 1 is 1.25 bits per heavy atom. The SMILES string of the molecule is CC(C)CC(C)NCC(O)COCc1ccccc1Cl. The molecule has 0 amide bonds. The van der Waals surface area contributed by atoms with Gasteiger partial charge in [-0.25, -0.2) is 0 Å². The lowest BCUT2D eigenvalue weighted by atomic mass is 10.1. The molecular weight excluding hydrogens is 274 g/mol. The molecule has 1 aromatic rings. The Labute approximate surface area is 127 Å². The van der Waals surface area contributed by atoms with E-state index in [-0.39, 0.29) is 0 Å². The molecule has 0 aliphatic rings. The van der Waals surface area contributed by atoms with Crippen LogP contribution in [0.15, 0.2) is 24.3 Å². The third kappa shape index (κ3) is 7.25. The van der Waals surface area contributed by atoms with Crippen LogP contribution in [0.25, 0.3) is 0 Å². The van der Waals surface area contributed by atoms with Crippen LogP contribution >= 0.6 is 11.6 Å². The number of benzene rings is 1. The summed E-state index contributed by atoms with van der Waals surface area (Å²) in [7, 11) is 0. The molecule has 0 heterocycles. The van der Waals surface area contributed by atoms with E-state index < -0.39 is 6.10 Å². The fraction of sp³-hybridized carbons (Fsp3) is 0.625. The van der Waals surface area contributed by atoms with E-state index >= 15 is 0 Å². The molecule has 0 spiro atoms. The molecule has 0 aliphatic heterocycles. The first-order valence-electron chi connectivity index (χ1n) is 7.21. The highest BCUT2D eigenvalue weighted by Gasteiger charge is 2.09. The fourth-order valence-electron chi connectivity index (χ4n) is 2.11. The molecule has 3 nitrogen and oxygen atoms in total. The lowest BCUT2D eigenvalue weighted by Gasteiger charge is -2.18. The van der Waals surface area contributed by atoms with Gasteiger partial charge in [-0.2, -0.15) is 0 Å². The summed E-state index contributed by atoms with van der Waals surface area (Å²) in [6.07, 6.45) is 0.611. The molecule has 0 aromatic heterocycles. The van der Waals surface area contributed by atoms with E-state index in [9.17, 15) is 5.11 Å². The maximum atomic E-state index is 9.86. The zero-order chi connectivity index (χ0) is 15.0. The van der Waals surface area contributed by atoms with Gasteiger partial charge in [-0.15, -0.1) is 0 Å². The molecule has 0 fully saturated rings. The molecule has 1 aromatic carbocycles. The van der Waals surface area contributed by atoms with E-state index in [0.29, 0.717) is 36.7 Å². The molecule has 0 saturated carbocycles. The van der Waals surface area contributed by atoms with E-state index in [0.717, 1.165) is 12.0 Å². The first-order chi connectivity index (χ1) is 9.49. The Balaban J connectivity index is 2.17.